The van der Waals surface area contributed by atoms with Crippen molar-refractivity contribution in [2.45, 2.75) is 13.0 Å². The smallest absolute Gasteiger partial charge is 0.120 e. The van der Waals surface area contributed by atoms with Gasteiger partial charge in [0.05, 0.1) is 0 Å². The van der Waals surface area contributed by atoms with Crippen molar-refractivity contribution in [3.8, 4) is 5.75 Å². The topological polar surface area (TPSA) is 72.3 Å². The van der Waals surface area contributed by atoms with Crippen LogP contribution in [-0.4, -0.2) is 5.11 Å². The molecule has 3 nitrogen and oxygen atoms in total. The molecule has 0 radical (unpaired) electrons. The number of hydrogen-bond donors (Lipinski definition) is 3. The molecule has 11 heavy (non-hydrogen) atoms. The van der Waals surface area contributed by atoms with E-state index in [4.69, 9.17) is 11.5 Å². The highest BCUT2D eigenvalue weighted by atomic mass is 16.3. The SMILES string of the molecule is C[C@@H](N)c1cc(N)ccc1O. The fourth-order valence-corrected chi connectivity index (χ4v) is 0.938. The molecule has 1 atom stereocenters. The molecular formula is C8H12N2O. The summed E-state index contributed by atoms with van der Waals surface area (Å²) in [5.74, 6) is 0.203. The van der Waals surface area contributed by atoms with E-state index in [0.29, 0.717) is 11.3 Å². The van der Waals surface area contributed by atoms with Gasteiger partial charge < -0.3 is 16.6 Å². The Labute approximate surface area is 65.6 Å². The monoisotopic (exact) mass is 152 g/mol. The quantitative estimate of drug-likeness (QED) is 0.415. The van der Waals surface area contributed by atoms with Crippen LogP contribution in [0, 0.1) is 0 Å². The minimum atomic E-state index is -0.182. The second-order valence-electron chi connectivity index (χ2n) is 2.61. The van der Waals surface area contributed by atoms with E-state index in [9.17, 15) is 5.11 Å². The van der Waals surface area contributed by atoms with Crippen LogP contribution in [0.15, 0.2) is 18.2 Å². The lowest BCUT2D eigenvalue weighted by Gasteiger charge is -2.08. The maximum absolute atomic E-state index is 9.27. The largest absolute Gasteiger partial charge is 0.508 e. The Bertz CT molecular complexity index is 258. The summed E-state index contributed by atoms with van der Waals surface area (Å²) in [5.41, 5.74) is 12.4. The first kappa shape index (κ1) is 7.88. The van der Waals surface area contributed by atoms with Gasteiger partial charge in [-0.1, -0.05) is 0 Å². The molecule has 0 aliphatic rings. The molecule has 1 aromatic carbocycles. The summed E-state index contributed by atoms with van der Waals surface area (Å²) in [6, 6.07) is 4.69. The molecule has 0 heterocycles. The van der Waals surface area contributed by atoms with Crippen LogP contribution in [0.5, 0.6) is 5.75 Å². The van der Waals surface area contributed by atoms with Gasteiger partial charge in [-0.15, -0.1) is 0 Å². The Morgan fingerprint density at radius 1 is 1.45 bits per heavy atom. The number of anilines is 1. The summed E-state index contributed by atoms with van der Waals surface area (Å²) in [6.45, 7) is 1.80. The van der Waals surface area contributed by atoms with Crippen LogP contribution >= 0.6 is 0 Å². The highest BCUT2D eigenvalue weighted by Crippen LogP contribution is 2.24. The van der Waals surface area contributed by atoms with Crippen molar-refractivity contribution in [1.29, 1.82) is 0 Å². The predicted octanol–water partition coefficient (Wildman–Crippen LogP) is 0.994. The predicted molar refractivity (Wildman–Crippen MR) is 45.1 cm³/mol. The second kappa shape index (κ2) is 2.80. The molecule has 0 aromatic heterocycles. The van der Waals surface area contributed by atoms with Crippen LogP contribution < -0.4 is 11.5 Å². The summed E-state index contributed by atoms with van der Waals surface area (Å²) in [5, 5.41) is 9.27. The Kier molecular flexibility index (Phi) is 2.01. The van der Waals surface area contributed by atoms with Crippen molar-refractivity contribution in [2.75, 3.05) is 5.73 Å². The first-order valence-electron chi connectivity index (χ1n) is 3.45. The van der Waals surface area contributed by atoms with E-state index in [1.807, 2.05) is 0 Å². The summed E-state index contributed by atoms with van der Waals surface area (Å²) >= 11 is 0. The molecule has 0 saturated carbocycles. The molecule has 0 aliphatic heterocycles. The third-order valence-corrected chi connectivity index (χ3v) is 1.54. The fourth-order valence-electron chi connectivity index (χ4n) is 0.938. The average molecular weight is 152 g/mol. The van der Waals surface area contributed by atoms with E-state index in [2.05, 4.69) is 0 Å². The van der Waals surface area contributed by atoms with E-state index < -0.39 is 0 Å². The molecule has 0 fully saturated rings. The van der Waals surface area contributed by atoms with Gasteiger partial charge in [0.25, 0.3) is 0 Å². The Morgan fingerprint density at radius 2 is 2.09 bits per heavy atom. The maximum Gasteiger partial charge on any atom is 0.120 e. The van der Waals surface area contributed by atoms with Crippen LogP contribution in [0.4, 0.5) is 5.69 Å². The normalized spacial score (nSPS) is 12.9. The summed E-state index contributed by atoms with van der Waals surface area (Å²) in [6.07, 6.45) is 0. The first-order valence-corrected chi connectivity index (χ1v) is 3.45. The summed E-state index contributed by atoms with van der Waals surface area (Å²) in [7, 11) is 0. The summed E-state index contributed by atoms with van der Waals surface area (Å²) in [4.78, 5) is 0. The summed E-state index contributed by atoms with van der Waals surface area (Å²) < 4.78 is 0. The maximum atomic E-state index is 9.27. The molecule has 1 rings (SSSR count). The molecule has 0 aliphatic carbocycles. The van der Waals surface area contributed by atoms with Gasteiger partial charge in [-0.3, -0.25) is 0 Å². The van der Waals surface area contributed by atoms with E-state index in [1.54, 1.807) is 25.1 Å². The van der Waals surface area contributed by atoms with Crippen molar-refractivity contribution in [1.82, 2.24) is 0 Å². The Morgan fingerprint density at radius 3 is 2.55 bits per heavy atom. The van der Waals surface area contributed by atoms with E-state index in [-0.39, 0.29) is 11.8 Å². The van der Waals surface area contributed by atoms with Crippen LogP contribution in [0.25, 0.3) is 0 Å². The van der Waals surface area contributed by atoms with Gasteiger partial charge in [0, 0.05) is 17.3 Å². The highest BCUT2D eigenvalue weighted by molar-refractivity contribution is 5.48. The molecule has 0 spiro atoms. The molecule has 0 amide bonds. The fraction of sp³-hybridized carbons (Fsp3) is 0.250. The number of aromatic hydroxyl groups is 1. The number of nitrogens with two attached hydrogens (primary N) is 2. The van der Waals surface area contributed by atoms with Crippen LogP contribution in [-0.2, 0) is 0 Å². The van der Waals surface area contributed by atoms with Crippen molar-refractivity contribution >= 4 is 5.69 Å². The lowest BCUT2D eigenvalue weighted by atomic mass is 10.1. The molecule has 5 N–H and O–H groups in total. The molecule has 0 unspecified atom stereocenters. The molecule has 0 bridgehead atoms. The number of phenolic OH excluding ortho intramolecular Hbond substituents is 1. The average Bonchev–Trinajstić information content (AvgIpc) is 1.94. The lowest BCUT2D eigenvalue weighted by molar-refractivity contribution is 0.464. The first-order chi connectivity index (χ1) is 5.11. The number of nitrogen functional groups attached to an aromatic ring is 1. The van der Waals surface area contributed by atoms with Crippen molar-refractivity contribution in [2.24, 2.45) is 5.73 Å². The van der Waals surface area contributed by atoms with Gasteiger partial charge in [-0.2, -0.15) is 0 Å². The zero-order valence-electron chi connectivity index (χ0n) is 6.41. The third-order valence-electron chi connectivity index (χ3n) is 1.54. The van der Waals surface area contributed by atoms with E-state index in [0.717, 1.165) is 0 Å². The number of benzene rings is 1. The van der Waals surface area contributed by atoms with Crippen molar-refractivity contribution in [3.63, 3.8) is 0 Å². The second-order valence-corrected chi connectivity index (χ2v) is 2.61. The van der Waals surface area contributed by atoms with E-state index >= 15 is 0 Å². The van der Waals surface area contributed by atoms with E-state index in [1.165, 1.54) is 0 Å². The standard InChI is InChI=1S/C8H12N2O/c1-5(9)7-4-6(10)2-3-8(7)11/h2-5,11H,9-10H2,1H3/t5-/m1/s1. The van der Waals surface area contributed by atoms with Gasteiger partial charge >= 0.3 is 0 Å². The molecule has 0 saturated heterocycles. The van der Waals surface area contributed by atoms with Crippen molar-refractivity contribution in [3.05, 3.63) is 23.8 Å². The third kappa shape index (κ3) is 1.62. The van der Waals surface area contributed by atoms with Crippen LogP contribution in [0.2, 0.25) is 0 Å². The molecule has 1 aromatic rings. The zero-order valence-corrected chi connectivity index (χ0v) is 6.41. The lowest BCUT2D eigenvalue weighted by Crippen LogP contribution is -2.05. The van der Waals surface area contributed by atoms with Crippen LogP contribution in [0.3, 0.4) is 0 Å². The highest BCUT2D eigenvalue weighted by Gasteiger charge is 2.04. The molecule has 3 heteroatoms. The van der Waals surface area contributed by atoms with Gasteiger partial charge in [0.2, 0.25) is 0 Å². The minimum Gasteiger partial charge on any atom is -0.508 e. The zero-order chi connectivity index (χ0) is 8.43. The number of hydrogen-bond acceptors (Lipinski definition) is 3. The van der Waals surface area contributed by atoms with Gasteiger partial charge in [0.15, 0.2) is 0 Å². The Hall–Kier alpha value is -1.22. The minimum absolute atomic E-state index is 0.182. The van der Waals surface area contributed by atoms with Gasteiger partial charge in [0.1, 0.15) is 5.75 Å². The van der Waals surface area contributed by atoms with Gasteiger partial charge in [-0.25, -0.2) is 0 Å². The van der Waals surface area contributed by atoms with Crippen molar-refractivity contribution < 1.29 is 5.11 Å². The van der Waals surface area contributed by atoms with Gasteiger partial charge in [-0.05, 0) is 25.1 Å². The molecule has 60 valence electrons. The van der Waals surface area contributed by atoms with Crippen LogP contribution in [0.1, 0.15) is 18.5 Å². The molecular weight excluding hydrogens is 140 g/mol. The number of phenols is 1. The number of rotatable bonds is 1. The Balaban J connectivity index is 3.13.